The van der Waals surface area contributed by atoms with Crippen LogP contribution in [0.1, 0.15) is 30.9 Å². The van der Waals surface area contributed by atoms with E-state index in [2.05, 4.69) is 4.98 Å². The van der Waals surface area contributed by atoms with Crippen molar-refractivity contribution in [1.29, 1.82) is 0 Å². The molecule has 1 aliphatic heterocycles. The lowest BCUT2D eigenvalue weighted by Gasteiger charge is -2.17. The van der Waals surface area contributed by atoms with Gasteiger partial charge in [-0.3, -0.25) is 4.79 Å². The van der Waals surface area contributed by atoms with Crippen LogP contribution in [0.15, 0.2) is 59.0 Å². The number of rotatable bonds is 10. The van der Waals surface area contributed by atoms with Crippen LogP contribution >= 0.6 is 0 Å². The number of carbonyl (C=O) groups is 2. The standard InChI is InChI=1S/C29H34N2O6/c1-19(2)18-36-29(34)31-16-23(25(17-31)28(32)33)15-21-9-11-24(12-10-21)35-14-13-26-20(3)37-27(30-26)22-7-5-4-6-8-22/h4-12,19,23,25H,13-18H2,1-3H3,(H,32,33)/t23-,25+/m1/s1. The Kier molecular flexibility index (Phi) is 8.48. The molecule has 0 aliphatic carbocycles. The lowest BCUT2D eigenvalue weighted by Crippen LogP contribution is -2.31. The number of hydrogen-bond donors (Lipinski definition) is 1. The van der Waals surface area contributed by atoms with Gasteiger partial charge in [0.15, 0.2) is 0 Å². The van der Waals surface area contributed by atoms with Crippen molar-refractivity contribution in [2.45, 2.75) is 33.6 Å². The Bertz CT molecular complexity index is 1190. The molecule has 8 heteroatoms. The first-order valence-corrected chi connectivity index (χ1v) is 12.7. The van der Waals surface area contributed by atoms with Crippen molar-refractivity contribution < 1.29 is 28.6 Å². The molecule has 0 spiro atoms. The zero-order chi connectivity index (χ0) is 26.4. The van der Waals surface area contributed by atoms with Gasteiger partial charge in [0, 0.05) is 25.1 Å². The number of oxazole rings is 1. The summed E-state index contributed by atoms with van der Waals surface area (Å²) in [6, 6.07) is 17.5. The first-order chi connectivity index (χ1) is 17.8. The minimum absolute atomic E-state index is 0.172. The maximum Gasteiger partial charge on any atom is 0.409 e. The number of carboxylic acid groups (broad SMARTS) is 1. The smallest absolute Gasteiger partial charge is 0.409 e. The second-order valence-corrected chi connectivity index (χ2v) is 9.92. The summed E-state index contributed by atoms with van der Waals surface area (Å²) in [7, 11) is 0. The Labute approximate surface area is 217 Å². The number of aromatic nitrogens is 1. The molecule has 1 aliphatic rings. The minimum atomic E-state index is -0.886. The molecule has 8 nitrogen and oxygen atoms in total. The number of aliphatic carboxylic acids is 1. The molecule has 37 heavy (non-hydrogen) atoms. The van der Waals surface area contributed by atoms with Gasteiger partial charge in [0.25, 0.3) is 0 Å². The molecule has 1 aromatic heterocycles. The summed E-state index contributed by atoms with van der Waals surface area (Å²) in [5.74, 6) is 0.667. The predicted octanol–water partition coefficient (Wildman–Crippen LogP) is 5.24. The van der Waals surface area contributed by atoms with Gasteiger partial charge in [-0.25, -0.2) is 9.78 Å². The Morgan fingerprint density at radius 2 is 1.84 bits per heavy atom. The maximum atomic E-state index is 12.3. The second kappa shape index (κ2) is 12.0. The zero-order valence-corrected chi connectivity index (χ0v) is 21.6. The van der Waals surface area contributed by atoms with E-state index in [9.17, 15) is 14.7 Å². The van der Waals surface area contributed by atoms with E-state index in [1.165, 1.54) is 4.90 Å². The Morgan fingerprint density at radius 1 is 1.11 bits per heavy atom. The van der Waals surface area contributed by atoms with Crippen molar-refractivity contribution >= 4 is 12.1 Å². The average Bonchev–Trinajstić information content (AvgIpc) is 3.48. The number of hydrogen-bond acceptors (Lipinski definition) is 6. The molecule has 0 bridgehead atoms. The van der Waals surface area contributed by atoms with Gasteiger partial charge in [-0.2, -0.15) is 0 Å². The molecule has 2 aromatic carbocycles. The highest BCUT2D eigenvalue weighted by atomic mass is 16.6. The molecular formula is C29H34N2O6. The Balaban J connectivity index is 1.29. The van der Waals surface area contributed by atoms with Crippen molar-refractivity contribution in [3.63, 3.8) is 0 Å². The van der Waals surface area contributed by atoms with E-state index in [1.807, 2.05) is 75.4 Å². The summed E-state index contributed by atoms with van der Waals surface area (Å²) >= 11 is 0. The summed E-state index contributed by atoms with van der Waals surface area (Å²) in [6.45, 7) is 7.15. The fraction of sp³-hybridized carbons (Fsp3) is 0.414. The highest BCUT2D eigenvalue weighted by Crippen LogP contribution is 2.29. The molecule has 2 atom stereocenters. The van der Waals surface area contributed by atoms with Crippen molar-refractivity contribution in [3.05, 3.63) is 71.6 Å². The Morgan fingerprint density at radius 3 is 2.51 bits per heavy atom. The fourth-order valence-corrected chi connectivity index (χ4v) is 4.49. The van der Waals surface area contributed by atoms with Crippen LogP contribution in [-0.2, 0) is 22.4 Å². The van der Waals surface area contributed by atoms with Crippen molar-refractivity contribution in [2.75, 3.05) is 26.3 Å². The number of carboxylic acids is 1. The third kappa shape index (κ3) is 6.90. The van der Waals surface area contributed by atoms with Crippen LogP contribution in [0.2, 0.25) is 0 Å². The van der Waals surface area contributed by atoms with Crippen LogP contribution in [-0.4, -0.2) is 53.4 Å². The largest absolute Gasteiger partial charge is 0.493 e. The highest BCUT2D eigenvalue weighted by Gasteiger charge is 2.40. The maximum absolute atomic E-state index is 12.3. The number of ether oxygens (including phenoxy) is 2. The van der Waals surface area contributed by atoms with Gasteiger partial charge in [-0.1, -0.05) is 44.2 Å². The van der Waals surface area contributed by atoms with Crippen LogP contribution in [0.4, 0.5) is 4.79 Å². The Hall–Kier alpha value is -3.81. The van der Waals surface area contributed by atoms with Crippen LogP contribution in [0.5, 0.6) is 5.75 Å². The molecule has 196 valence electrons. The summed E-state index contributed by atoms with van der Waals surface area (Å²) in [4.78, 5) is 30.3. The SMILES string of the molecule is Cc1oc(-c2ccccc2)nc1CCOc1ccc(C[C@@H]2CN(C(=O)OCC(C)C)C[C@@H]2C(=O)O)cc1. The number of benzene rings is 2. The fourth-order valence-electron chi connectivity index (χ4n) is 4.49. The van der Waals surface area contributed by atoms with Gasteiger partial charge in [-0.15, -0.1) is 0 Å². The summed E-state index contributed by atoms with van der Waals surface area (Å²) < 4.78 is 17.0. The third-order valence-electron chi connectivity index (χ3n) is 6.50. The van der Waals surface area contributed by atoms with Crippen LogP contribution in [0.25, 0.3) is 11.5 Å². The molecule has 0 unspecified atom stereocenters. The number of nitrogens with zero attached hydrogens (tertiary/aromatic N) is 2. The average molecular weight is 507 g/mol. The van der Waals surface area contributed by atoms with Crippen LogP contribution in [0.3, 0.4) is 0 Å². The predicted molar refractivity (Wildman–Crippen MR) is 138 cm³/mol. The van der Waals surface area contributed by atoms with E-state index in [4.69, 9.17) is 13.9 Å². The zero-order valence-electron chi connectivity index (χ0n) is 21.6. The molecule has 4 rings (SSSR count). The van der Waals surface area contributed by atoms with Gasteiger partial charge in [0.1, 0.15) is 11.5 Å². The number of likely N-dealkylation sites (tertiary alicyclic amines) is 1. The van der Waals surface area contributed by atoms with Crippen LogP contribution in [0, 0.1) is 24.7 Å². The van der Waals surface area contributed by atoms with Crippen molar-refractivity contribution in [1.82, 2.24) is 9.88 Å². The lowest BCUT2D eigenvalue weighted by atomic mass is 9.90. The second-order valence-electron chi connectivity index (χ2n) is 9.92. The van der Waals surface area contributed by atoms with E-state index in [1.54, 1.807) is 0 Å². The van der Waals surface area contributed by atoms with Gasteiger partial charge in [0.05, 0.1) is 24.8 Å². The molecular weight excluding hydrogens is 472 g/mol. The summed E-state index contributed by atoms with van der Waals surface area (Å²) in [5.41, 5.74) is 2.81. The quantitative estimate of drug-likeness (QED) is 0.401. The number of carbonyl (C=O) groups excluding carboxylic acids is 1. The van der Waals surface area contributed by atoms with E-state index < -0.39 is 18.0 Å². The first-order valence-electron chi connectivity index (χ1n) is 12.7. The molecule has 2 heterocycles. The molecule has 1 saturated heterocycles. The van der Waals surface area contributed by atoms with E-state index in [0.717, 1.165) is 28.3 Å². The molecule has 1 N–H and O–H groups in total. The molecule has 3 aromatic rings. The molecule has 1 fully saturated rings. The number of amides is 1. The van der Waals surface area contributed by atoms with Gasteiger partial charge in [0.2, 0.25) is 5.89 Å². The minimum Gasteiger partial charge on any atom is -0.493 e. The monoisotopic (exact) mass is 506 g/mol. The van der Waals surface area contributed by atoms with E-state index in [0.29, 0.717) is 38.5 Å². The number of aryl methyl sites for hydroxylation is 1. The van der Waals surface area contributed by atoms with Gasteiger partial charge < -0.3 is 23.9 Å². The van der Waals surface area contributed by atoms with E-state index in [-0.39, 0.29) is 18.4 Å². The lowest BCUT2D eigenvalue weighted by molar-refractivity contribution is -0.142. The highest BCUT2D eigenvalue weighted by molar-refractivity contribution is 5.74. The van der Waals surface area contributed by atoms with Crippen LogP contribution < -0.4 is 4.74 Å². The molecule has 1 amide bonds. The molecule has 0 radical (unpaired) electrons. The molecule has 0 saturated carbocycles. The third-order valence-corrected chi connectivity index (χ3v) is 6.50. The normalized spacial score (nSPS) is 17.2. The van der Waals surface area contributed by atoms with Gasteiger partial charge in [-0.05, 0) is 55.0 Å². The van der Waals surface area contributed by atoms with Crippen molar-refractivity contribution in [2.24, 2.45) is 17.8 Å². The van der Waals surface area contributed by atoms with Gasteiger partial charge >= 0.3 is 12.1 Å². The van der Waals surface area contributed by atoms with Crippen molar-refractivity contribution in [3.8, 4) is 17.2 Å². The topological polar surface area (TPSA) is 102 Å². The summed E-state index contributed by atoms with van der Waals surface area (Å²) in [5, 5.41) is 9.69. The van der Waals surface area contributed by atoms with E-state index >= 15 is 0 Å². The first kappa shape index (κ1) is 26.3. The summed E-state index contributed by atoms with van der Waals surface area (Å²) in [6.07, 6.45) is 0.741.